The zero-order valence-corrected chi connectivity index (χ0v) is 15.6. The Kier molecular flexibility index (Phi) is 4.80. The summed E-state index contributed by atoms with van der Waals surface area (Å²) in [5, 5.41) is 10.5. The first-order valence-electron chi connectivity index (χ1n) is 9.01. The molecule has 4 nitrogen and oxygen atoms in total. The molecule has 3 aromatic rings. The SMILES string of the molecule is CC(=O)c1ccc(-c2nnc(-c3ccc(N4CCCCC4)cc3)s2)cc1. The minimum absolute atomic E-state index is 0.0725. The predicted octanol–water partition coefficient (Wildman–Crippen LogP) is 5.07. The number of hydrogen-bond donors (Lipinski definition) is 0. The molecule has 0 spiro atoms. The Bertz CT molecular complexity index is 894. The second-order valence-electron chi connectivity index (χ2n) is 6.64. The number of carbonyl (C=O) groups is 1. The van der Waals surface area contributed by atoms with E-state index < -0.39 is 0 Å². The van der Waals surface area contributed by atoms with Gasteiger partial charge >= 0.3 is 0 Å². The van der Waals surface area contributed by atoms with E-state index in [1.54, 1.807) is 18.3 Å². The fourth-order valence-corrected chi connectivity index (χ4v) is 4.13. The lowest BCUT2D eigenvalue weighted by molar-refractivity contribution is 0.101. The lowest BCUT2D eigenvalue weighted by atomic mass is 10.1. The summed E-state index contributed by atoms with van der Waals surface area (Å²) in [6, 6.07) is 16.2. The first-order chi connectivity index (χ1) is 12.7. The molecule has 0 radical (unpaired) electrons. The van der Waals surface area contributed by atoms with Crippen LogP contribution in [0.4, 0.5) is 5.69 Å². The van der Waals surface area contributed by atoms with Crippen LogP contribution in [0.1, 0.15) is 36.5 Å². The van der Waals surface area contributed by atoms with E-state index in [1.807, 2.05) is 24.3 Å². The van der Waals surface area contributed by atoms with Crippen molar-refractivity contribution in [2.45, 2.75) is 26.2 Å². The van der Waals surface area contributed by atoms with Crippen molar-refractivity contribution in [2.75, 3.05) is 18.0 Å². The van der Waals surface area contributed by atoms with Gasteiger partial charge in [0.1, 0.15) is 10.0 Å². The van der Waals surface area contributed by atoms with Crippen molar-refractivity contribution >= 4 is 22.8 Å². The Balaban J connectivity index is 1.53. The molecule has 0 aliphatic carbocycles. The summed E-state index contributed by atoms with van der Waals surface area (Å²) in [7, 11) is 0. The van der Waals surface area contributed by atoms with Gasteiger partial charge in [-0.05, 0) is 50.5 Å². The fourth-order valence-electron chi connectivity index (χ4n) is 3.27. The summed E-state index contributed by atoms with van der Waals surface area (Å²) in [5.41, 5.74) is 4.09. The van der Waals surface area contributed by atoms with Crippen LogP contribution < -0.4 is 4.90 Å². The molecule has 0 bridgehead atoms. The van der Waals surface area contributed by atoms with Gasteiger partial charge < -0.3 is 4.90 Å². The van der Waals surface area contributed by atoms with E-state index in [4.69, 9.17) is 0 Å². The number of benzene rings is 2. The molecule has 2 aromatic carbocycles. The highest BCUT2D eigenvalue weighted by molar-refractivity contribution is 7.17. The van der Waals surface area contributed by atoms with Crippen molar-refractivity contribution in [3.05, 3.63) is 54.1 Å². The first kappa shape index (κ1) is 16.9. The van der Waals surface area contributed by atoms with Crippen molar-refractivity contribution in [2.24, 2.45) is 0 Å². The van der Waals surface area contributed by atoms with E-state index in [0.29, 0.717) is 5.56 Å². The second-order valence-corrected chi connectivity index (χ2v) is 7.62. The number of anilines is 1. The average Bonchev–Trinajstić information content (AvgIpc) is 3.19. The van der Waals surface area contributed by atoms with Gasteiger partial charge in [0.25, 0.3) is 0 Å². The van der Waals surface area contributed by atoms with Crippen LogP contribution in [0.3, 0.4) is 0 Å². The summed E-state index contributed by atoms with van der Waals surface area (Å²) in [6.07, 6.45) is 3.91. The minimum atomic E-state index is 0.0725. The molecule has 1 saturated heterocycles. The Morgan fingerprint density at radius 3 is 1.92 bits per heavy atom. The highest BCUT2D eigenvalue weighted by atomic mass is 32.1. The number of nitrogens with zero attached hydrogens (tertiary/aromatic N) is 3. The number of ketones is 1. The maximum atomic E-state index is 11.4. The Labute approximate surface area is 157 Å². The van der Waals surface area contributed by atoms with Crippen LogP contribution in [0, 0.1) is 0 Å². The molecular weight excluding hydrogens is 342 g/mol. The molecule has 0 atom stereocenters. The van der Waals surface area contributed by atoms with Gasteiger partial charge in [-0.1, -0.05) is 35.6 Å². The van der Waals surface area contributed by atoms with Crippen LogP contribution >= 0.6 is 11.3 Å². The van der Waals surface area contributed by atoms with Crippen LogP contribution in [0.2, 0.25) is 0 Å². The molecule has 1 fully saturated rings. The predicted molar refractivity (Wildman–Crippen MR) is 107 cm³/mol. The Morgan fingerprint density at radius 1 is 0.846 bits per heavy atom. The summed E-state index contributed by atoms with van der Waals surface area (Å²) < 4.78 is 0. The van der Waals surface area contributed by atoms with Crippen LogP contribution in [0.25, 0.3) is 21.1 Å². The molecule has 1 aromatic heterocycles. The topological polar surface area (TPSA) is 46.1 Å². The molecule has 4 rings (SSSR count). The quantitative estimate of drug-likeness (QED) is 0.608. The monoisotopic (exact) mass is 363 g/mol. The summed E-state index contributed by atoms with van der Waals surface area (Å²) in [4.78, 5) is 13.8. The largest absolute Gasteiger partial charge is 0.372 e. The number of carbonyl (C=O) groups excluding carboxylic acids is 1. The van der Waals surface area contributed by atoms with E-state index >= 15 is 0 Å². The lowest BCUT2D eigenvalue weighted by Crippen LogP contribution is -2.29. The van der Waals surface area contributed by atoms with Crippen molar-refractivity contribution in [1.82, 2.24) is 10.2 Å². The highest BCUT2D eigenvalue weighted by Gasteiger charge is 2.13. The third-order valence-electron chi connectivity index (χ3n) is 4.80. The molecule has 2 heterocycles. The summed E-state index contributed by atoms with van der Waals surface area (Å²) in [5.74, 6) is 0.0725. The van der Waals surface area contributed by atoms with Crippen molar-refractivity contribution in [1.29, 1.82) is 0 Å². The van der Waals surface area contributed by atoms with Gasteiger partial charge in [0.2, 0.25) is 0 Å². The van der Waals surface area contributed by atoms with Gasteiger partial charge in [-0.25, -0.2) is 0 Å². The maximum Gasteiger partial charge on any atom is 0.159 e. The lowest BCUT2D eigenvalue weighted by Gasteiger charge is -2.28. The van der Waals surface area contributed by atoms with E-state index in [2.05, 4.69) is 39.4 Å². The number of aromatic nitrogens is 2. The van der Waals surface area contributed by atoms with Crippen molar-refractivity contribution in [3.8, 4) is 21.1 Å². The Morgan fingerprint density at radius 2 is 1.38 bits per heavy atom. The van der Waals surface area contributed by atoms with Gasteiger partial charge in [0.05, 0.1) is 0 Å². The van der Waals surface area contributed by atoms with E-state index in [9.17, 15) is 4.79 Å². The summed E-state index contributed by atoms with van der Waals surface area (Å²) >= 11 is 1.57. The number of piperidine rings is 1. The van der Waals surface area contributed by atoms with Crippen molar-refractivity contribution < 1.29 is 4.79 Å². The molecule has 1 aliphatic rings. The normalized spacial score (nSPS) is 14.4. The molecule has 0 amide bonds. The highest BCUT2D eigenvalue weighted by Crippen LogP contribution is 2.31. The zero-order valence-electron chi connectivity index (χ0n) is 14.8. The van der Waals surface area contributed by atoms with E-state index in [1.165, 1.54) is 24.9 Å². The third kappa shape index (κ3) is 3.53. The van der Waals surface area contributed by atoms with Gasteiger partial charge in [-0.2, -0.15) is 0 Å². The van der Waals surface area contributed by atoms with Gasteiger partial charge in [0.15, 0.2) is 5.78 Å². The minimum Gasteiger partial charge on any atom is -0.372 e. The third-order valence-corrected chi connectivity index (χ3v) is 5.82. The maximum absolute atomic E-state index is 11.4. The molecule has 5 heteroatoms. The average molecular weight is 363 g/mol. The number of hydrogen-bond acceptors (Lipinski definition) is 5. The second kappa shape index (κ2) is 7.38. The van der Waals surface area contributed by atoms with Crippen LogP contribution in [-0.4, -0.2) is 29.1 Å². The van der Waals surface area contributed by atoms with Crippen LogP contribution in [0.5, 0.6) is 0 Å². The molecule has 0 N–H and O–H groups in total. The Hall–Kier alpha value is -2.53. The summed E-state index contributed by atoms with van der Waals surface area (Å²) in [6.45, 7) is 3.88. The molecule has 1 aliphatic heterocycles. The number of Topliss-reactive ketones (excluding diaryl/α,β-unsaturated/α-hetero) is 1. The van der Waals surface area contributed by atoms with Crippen LogP contribution in [-0.2, 0) is 0 Å². The van der Waals surface area contributed by atoms with Gasteiger partial charge in [0, 0.05) is 35.5 Å². The molecule has 0 unspecified atom stereocenters. The molecule has 26 heavy (non-hydrogen) atoms. The molecular formula is C21H21N3OS. The fraction of sp³-hybridized carbons (Fsp3) is 0.286. The molecule has 132 valence electrons. The van der Waals surface area contributed by atoms with E-state index in [0.717, 1.165) is 34.2 Å². The first-order valence-corrected chi connectivity index (χ1v) is 9.82. The van der Waals surface area contributed by atoms with Crippen molar-refractivity contribution in [3.63, 3.8) is 0 Å². The zero-order chi connectivity index (χ0) is 17.9. The van der Waals surface area contributed by atoms with Gasteiger partial charge in [-0.15, -0.1) is 10.2 Å². The van der Waals surface area contributed by atoms with Gasteiger partial charge in [-0.3, -0.25) is 4.79 Å². The molecule has 0 saturated carbocycles. The van der Waals surface area contributed by atoms with E-state index in [-0.39, 0.29) is 5.78 Å². The smallest absolute Gasteiger partial charge is 0.159 e. The number of rotatable bonds is 4. The standard InChI is InChI=1S/C21H21N3OS/c1-15(25)16-5-7-17(8-6-16)20-22-23-21(26-20)18-9-11-19(12-10-18)24-13-3-2-4-14-24/h5-12H,2-4,13-14H2,1H3. The van der Waals surface area contributed by atoms with Crippen LogP contribution in [0.15, 0.2) is 48.5 Å².